The number of rotatable bonds is 8. The van der Waals surface area contributed by atoms with Crippen molar-refractivity contribution in [3.05, 3.63) is 35.9 Å². The summed E-state index contributed by atoms with van der Waals surface area (Å²) >= 11 is 0. The Kier molecular flexibility index (Phi) is 7.07. The third-order valence-electron chi connectivity index (χ3n) is 4.68. The normalized spacial score (nSPS) is 13.9. The van der Waals surface area contributed by atoms with Gasteiger partial charge in [0.15, 0.2) is 17.3 Å². The Hall–Kier alpha value is -3.07. The maximum absolute atomic E-state index is 12.8. The van der Waals surface area contributed by atoms with Crippen LogP contribution in [0.5, 0.6) is 17.4 Å². The Morgan fingerprint density at radius 3 is 2.31 bits per heavy atom. The SMILES string of the molecule is COCCOc1ccc(N2CCN(C(=O)c3ccc(OC)c(OC)c3)CC2)nn1. The number of piperazine rings is 1. The van der Waals surface area contributed by atoms with Crippen molar-refractivity contribution in [2.45, 2.75) is 0 Å². The first kappa shape index (κ1) is 20.7. The number of nitrogens with zero attached hydrogens (tertiary/aromatic N) is 4. The molecule has 1 saturated heterocycles. The molecule has 2 heterocycles. The molecule has 9 nitrogen and oxygen atoms in total. The van der Waals surface area contributed by atoms with Crippen LogP contribution in [0.1, 0.15) is 10.4 Å². The van der Waals surface area contributed by atoms with Gasteiger partial charge in [-0.05, 0) is 24.3 Å². The van der Waals surface area contributed by atoms with E-state index in [0.717, 1.165) is 5.82 Å². The van der Waals surface area contributed by atoms with E-state index in [-0.39, 0.29) is 5.91 Å². The van der Waals surface area contributed by atoms with Crippen LogP contribution < -0.4 is 19.1 Å². The highest BCUT2D eigenvalue weighted by Gasteiger charge is 2.24. The monoisotopic (exact) mass is 402 g/mol. The lowest BCUT2D eigenvalue weighted by atomic mass is 10.1. The highest BCUT2D eigenvalue weighted by Crippen LogP contribution is 2.28. The molecule has 0 N–H and O–H groups in total. The lowest BCUT2D eigenvalue weighted by Gasteiger charge is -2.35. The Labute approximate surface area is 170 Å². The molecule has 1 aromatic heterocycles. The largest absolute Gasteiger partial charge is 0.493 e. The molecule has 3 rings (SSSR count). The summed E-state index contributed by atoms with van der Waals surface area (Å²) in [5.74, 6) is 2.34. The molecule has 2 aromatic rings. The van der Waals surface area contributed by atoms with Crippen molar-refractivity contribution in [3.8, 4) is 17.4 Å². The van der Waals surface area contributed by atoms with Gasteiger partial charge in [-0.25, -0.2) is 0 Å². The first-order chi connectivity index (χ1) is 14.2. The summed E-state index contributed by atoms with van der Waals surface area (Å²) in [6.07, 6.45) is 0. The molecule has 0 spiro atoms. The maximum Gasteiger partial charge on any atom is 0.254 e. The maximum atomic E-state index is 12.8. The van der Waals surface area contributed by atoms with Crippen molar-refractivity contribution < 1.29 is 23.7 Å². The standard InChI is InChI=1S/C20H26N4O5/c1-26-12-13-29-19-7-6-18(21-22-19)23-8-10-24(11-9-23)20(25)15-4-5-16(27-2)17(14-15)28-3/h4-7,14H,8-13H2,1-3H3. The van der Waals surface area contributed by atoms with Gasteiger partial charge in [-0.15, -0.1) is 10.2 Å². The lowest BCUT2D eigenvalue weighted by molar-refractivity contribution is 0.0746. The van der Waals surface area contributed by atoms with Crippen LogP contribution in [0.25, 0.3) is 0 Å². The summed E-state index contributed by atoms with van der Waals surface area (Å²) in [4.78, 5) is 16.8. The van der Waals surface area contributed by atoms with E-state index in [1.165, 1.54) is 0 Å². The van der Waals surface area contributed by atoms with E-state index in [1.54, 1.807) is 45.6 Å². The summed E-state index contributed by atoms with van der Waals surface area (Å²) in [7, 11) is 4.74. The average Bonchev–Trinajstić information content (AvgIpc) is 2.79. The molecule has 9 heteroatoms. The van der Waals surface area contributed by atoms with Gasteiger partial charge >= 0.3 is 0 Å². The number of hydrogen-bond acceptors (Lipinski definition) is 8. The van der Waals surface area contributed by atoms with E-state index in [9.17, 15) is 4.79 Å². The molecule has 156 valence electrons. The number of amides is 1. The molecule has 1 aliphatic heterocycles. The van der Waals surface area contributed by atoms with Crippen LogP contribution in [0.15, 0.2) is 30.3 Å². The van der Waals surface area contributed by atoms with E-state index < -0.39 is 0 Å². The zero-order chi connectivity index (χ0) is 20.6. The average molecular weight is 402 g/mol. The van der Waals surface area contributed by atoms with Crippen LogP contribution in [0.3, 0.4) is 0 Å². The molecule has 1 aromatic carbocycles. The van der Waals surface area contributed by atoms with Gasteiger partial charge in [-0.1, -0.05) is 0 Å². The van der Waals surface area contributed by atoms with Gasteiger partial charge in [0, 0.05) is 44.9 Å². The highest BCUT2D eigenvalue weighted by molar-refractivity contribution is 5.95. The number of ether oxygens (including phenoxy) is 4. The summed E-state index contributed by atoms with van der Waals surface area (Å²) < 4.78 is 20.9. The topological polar surface area (TPSA) is 86.3 Å². The third kappa shape index (κ3) is 5.05. The van der Waals surface area contributed by atoms with Crippen LogP contribution in [0, 0.1) is 0 Å². The van der Waals surface area contributed by atoms with Gasteiger partial charge in [0.25, 0.3) is 5.91 Å². The molecule has 29 heavy (non-hydrogen) atoms. The lowest BCUT2D eigenvalue weighted by Crippen LogP contribution is -2.49. The van der Waals surface area contributed by atoms with Crippen molar-refractivity contribution in [1.29, 1.82) is 0 Å². The van der Waals surface area contributed by atoms with Crippen LogP contribution in [0.4, 0.5) is 5.82 Å². The summed E-state index contributed by atoms with van der Waals surface area (Å²) in [5, 5.41) is 8.31. The first-order valence-electron chi connectivity index (χ1n) is 9.38. The van der Waals surface area contributed by atoms with Crippen molar-refractivity contribution in [1.82, 2.24) is 15.1 Å². The minimum absolute atomic E-state index is 0.0291. The van der Waals surface area contributed by atoms with Gasteiger partial charge in [0.2, 0.25) is 5.88 Å². The molecule has 0 radical (unpaired) electrons. The van der Waals surface area contributed by atoms with Gasteiger partial charge in [-0.3, -0.25) is 4.79 Å². The van der Waals surface area contributed by atoms with E-state index in [1.807, 2.05) is 11.0 Å². The molecule has 1 aliphatic rings. The molecule has 0 saturated carbocycles. The zero-order valence-corrected chi connectivity index (χ0v) is 17.0. The molecular weight excluding hydrogens is 376 g/mol. The van der Waals surface area contributed by atoms with Crippen molar-refractivity contribution in [2.24, 2.45) is 0 Å². The molecular formula is C20H26N4O5. The van der Waals surface area contributed by atoms with Crippen LogP contribution in [0.2, 0.25) is 0 Å². The number of aromatic nitrogens is 2. The Morgan fingerprint density at radius 2 is 1.69 bits per heavy atom. The summed E-state index contributed by atoms with van der Waals surface area (Å²) in [6.45, 7) is 3.48. The van der Waals surface area contributed by atoms with E-state index in [2.05, 4.69) is 15.1 Å². The smallest absolute Gasteiger partial charge is 0.254 e. The van der Waals surface area contributed by atoms with Gasteiger partial charge in [-0.2, -0.15) is 0 Å². The van der Waals surface area contributed by atoms with E-state index in [0.29, 0.717) is 62.3 Å². The van der Waals surface area contributed by atoms with E-state index >= 15 is 0 Å². The van der Waals surface area contributed by atoms with Crippen LogP contribution in [-0.4, -0.2) is 81.7 Å². The molecule has 1 amide bonds. The van der Waals surface area contributed by atoms with Crippen molar-refractivity contribution in [3.63, 3.8) is 0 Å². The van der Waals surface area contributed by atoms with Gasteiger partial charge in [0.05, 0.1) is 20.8 Å². The summed E-state index contributed by atoms with van der Waals surface area (Å²) in [6, 6.07) is 8.87. The Morgan fingerprint density at radius 1 is 0.931 bits per heavy atom. The van der Waals surface area contributed by atoms with Crippen LogP contribution >= 0.6 is 0 Å². The quantitative estimate of drug-likeness (QED) is 0.614. The third-order valence-corrected chi connectivity index (χ3v) is 4.68. The molecule has 0 atom stereocenters. The minimum atomic E-state index is -0.0291. The fourth-order valence-electron chi connectivity index (χ4n) is 3.08. The number of benzene rings is 1. The number of carbonyl (C=O) groups excluding carboxylic acids is 1. The Bertz CT molecular complexity index is 807. The van der Waals surface area contributed by atoms with Gasteiger partial charge < -0.3 is 28.7 Å². The predicted octanol–water partition coefficient (Wildman–Crippen LogP) is 1.48. The molecule has 1 fully saturated rings. The minimum Gasteiger partial charge on any atom is -0.493 e. The molecule has 0 bridgehead atoms. The van der Waals surface area contributed by atoms with Gasteiger partial charge in [0.1, 0.15) is 6.61 Å². The van der Waals surface area contributed by atoms with E-state index in [4.69, 9.17) is 18.9 Å². The highest BCUT2D eigenvalue weighted by atomic mass is 16.5. The Balaban J connectivity index is 1.56. The number of carbonyl (C=O) groups is 1. The number of methoxy groups -OCH3 is 3. The molecule has 0 unspecified atom stereocenters. The van der Waals surface area contributed by atoms with Crippen molar-refractivity contribution in [2.75, 3.05) is 65.6 Å². The fraction of sp³-hybridized carbons (Fsp3) is 0.450. The second-order valence-corrected chi connectivity index (χ2v) is 6.42. The second-order valence-electron chi connectivity index (χ2n) is 6.42. The number of hydrogen-bond donors (Lipinski definition) is 0. The summed E-state index contributed by atoms with van der Waals surface area (Å²) in [5.41, 5.74) is 0.577. The predicted molar refractivity (Wildman–Crippen MR) is 107 cm³/mol. The second kappa shape index (κ2) is 9.92. The first-order valence-corrected chi connectivity index (χ1v) is 9.38. The number of anilines is 1. The van der Waals surface area contributed by atoms with Crippen molar-refractivity contribution >= 4 is 11.7 Å². The molecule has 0 aliphatic carbocycles. The van der Waals surface area contributed by atoms with Crippen LogP contribution in [-0.2, 0) is 4.74 Å². The fourth-order valence-corrected chi connectivity index (χ4v) is 3.08. The zero-order valence-electron chi connectivity index (χ0n) is 17.0.